The molecule has 1 rings (SSSR count). The van der Waals surface area contributed by atoms with Gasteiger partial charge in [0.05, 0.1) is 5.56 Å². The molecular weight excluding hydrogens is 260 g/mol. The first-order chi connectivity index (χ1) is 9.31. The monoisotopic (exact) mass is 278 g/mol. The van der Waals surface area contributed by atoms with Gasteiger partial charge in [-0.3, -0.25) is 10.1 Å². The lowest BCUT2D eigenvalue weighted by atomic mass is 10.1. The second-order valence-corrected chi connectivity index (χ2v) is 4.79. The highest BCUT2D eigenvalue weighted by Gasteiger charge is 2.27. The van der Waals surface area contributed by atoms with Crippen LogP contribution in [0.5, 0.6) is 0 Å². The third-order valence-corrected chi connectivity index (χ3v) is 2.60. The van der Waals surface area contributed by atoms with E-state index >= 15 is 0 Å². The average molecular weight is 278 g/mol. The largest absolute Gasteiger partial charge is 0.448 e. The number of amides is 3. The van der Waals surface area contributed by atoms with Crippen molar-refractivity contribution in [3.05, 3.63) is 35.4 Å². The van der Waals surface area contributed by atoms with Gasteiger partial charge in [-0.2, -0.15) is 0 Å². The molecule has 6 heteroatoms. The number of carbonyl (C=O) groups excluding carboxylic acids is 3. The predicted molar refractivity (Wildman–Crippen MR) is 72.9 cm³/mol. The molecule has 0 aliphatic heterocycles. The van der Waals surface area contributed by atoms with Crippen LogP contribution in [0.3, 0.4) is 0 Å². The third-order valence-electron chi connectivity index (χ3n) is 2.60. The fourth-order valence-corrected chi connectivity index (χ4v) is 1.64. The number of nitrogens with two attached hydrogens (primary N) is 1. The molecule has 0 aliphatic rings. The molecule has 0 saturated carbocycles. The standard InChI is InChI=1S/C14H18N2O4/c1-8(2)11(12(17)16-14(15)19)20-13(18)10-6-4-5-9(3)7-10/h4-8,11H,1-3H3,(H3,15,16,17,19)/t11-/m0/s1. The Hall–Kier alpha value is -2.37. The molecule has 3 N–H and O–H groups in total. The van der Waals surface area contributed by atoms with Crippen molar-refractivity contribution < 1.29 is 19.1 Å². The summed E-state index contributed by atoms with van der Waals surface area (Å²) >= 11 is 0. The van der Waals surface area contributed by atoms with Crippen LogP contribution in [0.2, 0.25) is 0 Å². The van der Waals surface area contributed by atoms with E-state index in [0.29, 0.717) is 5.56 Å². The van der Waals surface area contributed by atoms with E-state index in [1.165, 1.54) is 0 Å². The summed E-state index contributed by atoms with van der Waals surface area (Å²) in [6.07, 6.45) is -1.07. The number of aryl methyl sites for hydroxylation is 1. The van der Waals surface area contributed by atoms with E-state index in [1.807, 2.05) is 18.3 Å². The van der Waals surface area contributed by atoms with Crippen LogP contribution in [-0.2, 0) is 9.53 Å². The lowest BCUT2D eigenvalue weighted by Gasteiger charge is -2.19. The summed E-state index contributed by atoms with van der Waals surface area (Å²) in [5.74, 6) is -1.64. The summed E-state index contributed by atoms with van der Waals surface area (Å²) in [5.41, 5.74) is 6.14. The fourth-order valence-electron chi connectivity index (χ4n) is 1.64. The van der Waals surface area contributed by atoms with Gasteiger partial charge in [-0.25, -0.2) is 9.59 Å². The summed E-state index contributed by atoms with van der Waals surface area (Å²) in [7, 11) is 0. The molecule has 0 fully saturated rings. The molecule has 0 aromatic heterocycles. The fraction of sp³-hybridized carbons (Fsp3) is 0.357. The van der Waals surface area contributed by atoms with Crippen molar-refractivity contribution in [2.75, 3.05) is 0 Å². The summed E-state index contributed by atoms with van der Waals surface area (Å²) in [6, 6.07) is 5.84. The molecule has 0 radical (unpaired) electrons. The van der Waals surface area contributed by atoms with Gasteiger partial charge in [0, 0.05) is 0 Å². The zero-order valence-corrected chi connectivity index (χ0v) is 11.7. The predicted octanol–water partition coefficient (Wildman–Crippen LogP) is 1.37. The van der Waals surface area contributed by atoms with Crippen LogP contribution >= 0.6 is 0 Å². The minimum absolute atomic E-state index is 0.289. The molecule has 0 aliphatic carbocycles. The Kier molecular flexibility index (Phi) is 5.25. The first kappa shape index (κ1) is 15.7. The second kappa shape index (κ2) is 6.70. The summed E-state index contributed by atoms with van der Waals surface area (Å²) in [6.45, 7) is 5.25. The zero-order chi connectivity index (χ0) is 15.3. The van der Waals surface area contributed by atoms with Gasteiger partial charge in [-0.1, -0.05) is 31.5 Å². The van der Waals surface area contributed by atoms with Crippen molar-refractivity contribution in [3.8, 4) is 0 Å². The Balaban J connectivity index is 2.83. The number of esters is 1. The van der Waals surface area contributed by atoms with E-state index in [1.54, 1.807) is 32.0 Å². The van der Waals surface area contributed by atoms with E-state index in [0.717, 1.165) is 5.56 Å². The highest BCUT2D eigenvalue weighted by atomic mass is 16.5. The van der Waals surface area contributed by atoms with Gasteiger partial charge in [0.2, 0.25) is 0 Å². The van der Waals surface area contributed by atoms with Crippen LogP contribution in [0.15, 0.2) is 24.3 Å². The molecule has 1 aromatic rings. The van der Waals surface area contributed by atoms with Gasteiger partial charge >= 0.3 is 12.0 Å². The molecule has 6 nitrogen and oxygen atoms in total. The zero-order valence-electron chi connectivity index (χ0n) is 11.7. The number of imide groups is 1. The van der Waals surface area contributed by atoms with E-state index in [-0.39, 0.29) is 5.92 Å². The second-order valence-electron chi connectivity index (χ2n) is 4.79. The quantitative estimate of drug-likeness (QED) is 0.812. The van der Waals surface area contributed by atoms with Crippen LogP contribution in [0.4, 0.5) is 4.79 Å². The van der Waals surface area contributed by atoms with E-state index in [9.17, 15) is 14.4 Å². The van der Waals surface area contributed by atoms with Crippen molar-refractivity contribution >= 4 is 17.9 Å². The molecule has 3 amide bonds. The number of urea groups is 1. The number of carbonyl (C=O) groups is 3. The molecule has 1 aromatic carbocycles. The molecular formula is C14H18N2O4. The van der Waals surface area contributed by atoms with Gasteiger partial charge in [0.25, 0.3) is 5.91 Å². The highest BCUT2D eigenvalue weighted by Crippen LogP contribution is 2.12. The third kappa shape index (κ3) is 4.38. The van der Waals surface area contributed by atoms with Gasteiger partial charge in [0.1, 0.15) is 0 Å². The Morgan fingerprint density at radius 1 is 1.25 bits per heavy atom. The van der Waals surface area contributed by atoms with Gasteiger partial charge in [0.15, 0.2) is 6.10 Å². The smallest absolute Gasteiger partial charge is 0.338 e. The molecule has 1 atom stereocenters. The van der Waals surface area contributed by atoms with Crippen LogP contribution in [-0.4, -0.2) is 24.0 Å². The number of rotatable bonds is 4. The van der Waals surface area contributed by atoms with E-state index in [2.05, 4.69) is 0 Å². The molecule has 0 heterocycles. The maximum atomic E-state index is 12.0. The number of hydrogen-bond acceptors (Lipinski definition) is 4. The first-order valence-electron chi connectivity index (χ1n) is 6.19. The van der Waals surface area contributed by atoms with E-state index < -0.39 is 24.0 Å². The van der Waals surface area contributed by atoms with Crippen LogP contribution in [0, 0.1) is 12.8 Å². The highest BCUT2D eigenvalue weighted by molar-refractivity contribution is 5.98. The van der Waals surface area contributed by atoms with Crippen molar-refractivity contribution in [1.82, 2.24) is 5.32 Å². The van der Waals surface area contributed by atoms with Gasteiger partial charge in [-0.05, 0) is 25.0 Å². The lowest BCUT2D eigenvalue weighted by Crippen LogP contribution is -2.45. The number of nitrogens with one attached hydrogen (secondary N) is 1. The molecule has 0 saturated heterocycles. The average Bonchev–Trinajstić information content (AvgIpc) is 2.34. The number of hydrogen-bond donors (Lipinski definition) is 2. The van der Waals surface area contributed by atoms with Gasteiger partial charge < -0.3 is 10.5 Å². The van der Waals surface area contributed by atoms with Crippen LogP contribution < -0.4 is 11.1 Å². The normalized spacial score (nSPS) is 11.8. The summed E-state index contributed by atoms with van der Waals surface area (Å²) < 4.78 is 5.16. The SMILES string of the molecule is Cc1cccc(C(=O)O[C@H](C(=O)NC(N)=O)C(C)C)c1. The van der Waals surface area contributed by atoms with Crippen molar-refractivity contribution in [3.63, 3.8) is 0 Å². The summed E-state index contributed by atoms with van der Waals surface area (Å²) in [4.78, 5) is 34.4. The molecule has 108 valence electrons. The first-order valence-corrected chi connectivity index (χ1v) is 6.19. The Morgan fingerprint density at radius 2 is 1.90 bits per heavy atom. The Morgan fingerprint density at radius 3 is 2.40 bits per heavy atom. The maximum Gasteiger partial charge on any atom is 0.338 e. The Bertz CT molecular complexity index is 526. The number of ether oxygens (including phenoxy) is 1. The molecule has 20 heavy (non-hydrogen) atoms. The topological polar surface area (TPSA) is 98.5 Å². The lowest BCUT2D eigenvalue weighted by molar-refractivity contribution is -0.130. The molecule has 0 bridgehead atoms. The van der Waals surface area contributed by atoms with Crippen LogP contribution in [0.25, 0.3) is 0 Å². The van der Waals surface area contributed by atoms with Gasteiger partial charge in [-0.15, -0.1) is 0 Å². The maximum absolute atomic E-state index is 12.0. The van der Waals surface area contributed by atoms with Crippen molar-refractivity contribution in [1.29, 1.82) is 0 Å². The van der Waals surface area contributed by atoms with Crippen molar-refractivity contribution in [2.45, 2.75) is 26.9 Å². The van der Waals surface area contributed by atoms with Crippen molar-refractivity contribution in [2.24, 2.45) is 11.7 Å². The minimum atomic E-state index is -1.07. The summed E-state index contributed by atoms with van der Waals surface area (Å²) in [5, 5.41) is 1.92. The minimum Gasteiger partial charge on any atom is -0.448 e. The number of benzene rings is 1. The molecule has 0 unspecified atom stereocenters. The Labute approximate surface area is 117 Å². The number of primary amides is 1. The van der Waals surface area contributed by atoms with E-state index in [4.69, 9.17) is 10.5 Å². The molecule has 0 spiro atoms. The van der Waals surface area contributed by atoms with Crippen LogP contribution in [0.1, 0.15) is 29.8 Å².